The number of hydrogen-bond donors (Lipinski definition) is 1. The van der Waals surface area contributed by atoms with Crippen LogP contribution < -0.4 is 0 Å². The summed E-state index contributed by atoms with van der Waals surface area (Å²) in [5, 5.41) is 12.6. The zero-order valence-corrected chi connectivity index (χ0v) is 13.8. The lowest BCUT2D eigenvalue weighted by Gasteiger charge is -2.05. The van der Waals surface area contributed by atoms with E-state index in [0.29, 0.717) is 6.54 Å². The highest BCUT2D eigenvalue weighted by atomic mass is 16.4. The second-order valence-electron chi connectivity index (χ2n) is 6.39. The van der Waals surface area contributed by atoms with Crippen molar-refractivity contribution in [2.75, 3.05) is 0 Å². The van der Waals surface area contributed by atoms with Gasteiger partial charge in [0, 0.05) is 21.7 Å². The van der Waals surface area contributed by atoms with E-state index in [4.69, 9.17) is 4.42 Å². The lowest BCUT2D eigenvalue weighted by molar-refractivity contribution is 0.0697. The molecule has 2 aromatic heterocycles. The molecule has 0 fully saturated rings. The van der Waals surface area contributed by atoms with Gasteiger partial charge in [-0.3, -0.25) is 0 Å². The van der Waals surface area contributed by atoms with Crippen LogP contribution in [-0.4, -0.2) is 15.6 Å². The maximum atomic E-state index is 11.4. The maximum Gasteiger partial charge on any atom is 0.335 e. The fraction of sp³-hybridized carbons (Fsp3) is 0.0455. The lowest BCUT2D eigenvalue weighted by atomic mass is 10.1. The van der Waals surface area contributed by atoms with Gasteiger partial charge in [0.05, 0.1) is 17.6 Å². The molecule has 0 spiro atoms. The van der Waals surface area contributed by atoms with Crippen LogP contribution >= 0.6 is 0 Å². The van der Waals surface area contributed by atoms with E-state index < -0.39 is 5.97 Å². The smallest absolute Gasteiger partial charge is 0.335 e. The van der Waals surface area contributed by atoms with Crippen molar-refractivity contribution in [3.05, 3.63) is 84.1 Å². The zero-order chi connectivity index (χ0) is 17.7. The SMILES string of the molecule is O=C(O)c1ccc2c3ccccc3n(Cc3cc4ccccc4o3)c2c1. The van der Waals surface area contributed by atoms with Gasteiger partial charge in [0.15, 0.2) is 0 Å². The molecule has 26 heavy (non-hydrogen) atoms. The first-order valence-electron chi connectivity index (χ1n) is 8.42. The Morgan fingerprint density at radius 1 is 0.885 bits per heavy atom. The number of fused-ring (bicyclic) bond motifs is 4. The molecule has 126 valence electrons. The molecule has 3 aromatic carbocycles. The second kappa shape index (κ2) is 5.49. The Hall–Kier alpha value is -3.53. The van der Waals surface area contributed by atoms with E-state index in [1.165, 1.54) is 0 Å². The molecular weight excluding hydrogens is 326 g/mol. The van der Waals surface area contributed by atoms with Crippen molar-refractivity contribution in [3.8, 4) is 0 Å². The summed E-state index contributed by atoms with van der Waals surface area (Å²) in [7, 11) is 0. The van der Waals surface area contributed by atoms with Crippen LogP contribution in [0.25, 0.3) is 32.8 Å². The highest BCUT2D eigenvalue weighted by Gasteiger charge is 2.14. The van der Waals surface area contributed by atoms with Crippen molar-refractivity contribution in [2.24, 2.45) is 0 Å². The second-order valence-corrected chi connectivity index (χ2v) is 6.39. The molecule has 0 aliphatic rings. The third-order valence-corrected chi connectivity index (χ3v) is 4.81. The molecule has 2 heterocycles. The average molecular weight is 341 g/mol. The van der Waals surface area contributed by atoms with Crippen molar-refractivity contribution in [2.45, 2.75) is 6.54 Å². The van der Waals surface area contributed by atoms with Crippen molar-refractivity contribution >= 4 is 38.7 Å². The van der Waals surface area contributed by atoms with E-state index in [1.807, 2.05) is 48.5 Å². The zero-order valence-electron chi connectivity index (χ0n) is 13.8. The highest BCUT2D eigenvalue weighted by Crippen LogP contribution is 2.31. The molecule has 0 bridgehead atoms. The highest BCUT2D eigenvalue weighted by molar-refractivity contribution is 6.09. The van der Waals surface area contributed by atoms with E-state index in [9.17, 15) is 9.90 Å². The Morgan fingerprint density at radius 2 is 1.65 bits per heavy atom. The van der Waals surface area contributed by atoms with Crippen LogP contribution in [0.3, 0.4) is 0 Å². The molecule has 0 aliphatic carbocycles. The molecule has 4 heteroatoms. The Morgan fingerprint density at radius 3 is 2.50 bits per heavy atom. The lowest BCUT2D eigenvalue weighted by Crippen LogP contribution is -2.00. The predicted molar refractivity (Wildman–Crippen MR) is 102 cm³/mol. The van der Waals surface area contributed by atoms with Crippen LogP contribution in [0, 0.1) is 0 Å². The number of carboxylic acid groups (broad SMARTS) is 1. The van der Waals surface area contributed by atoms with Gasteiger partial charge in [-0.2, -0.15) is 0 Å². The van der Waals surface area contributed by atoms with Crippen LogP contribution in [0.15, 0.2) is 77.2 Å². The van der Waals surface area contributed by atoms with Crippen LogP contribution in [0.1, 0.15) is 16.1 Å². The van der Waals surface area contributed by atoms with E-state index >= 15 is 0 Å². The summed E-state index contributed by atoms with van der Waals surface area (Å²) in [6.45, 7) is 0.543. The Labute approximate surface area is 148 Å². The molecule has 0 amide bonds. The number of aromatic nitrogens is 1. The fourth-order valence-corrected chi connectivity index (χ4v) is 3.62. The van der Waals surface area contributed by atoms with Gasteiger partial charge in [-0.1, -0.05) is 42.5 Å². The number of aromatic carboxylic acids is 1. The molecule has 0 saturated carbocycles. The molecule has 5 rings (SSSR count). The average Bonchev–Trinajstić information content (AvgIpc) is 3.21. The molecular formula is C22H15NO3. The quantitative estimate of drug-likeness (QED) is 0.485. The van der Waals surface area contributed by atoms with Crippen molar-refractivity contribution in [1.29, 1.82) is 0 Å². The topological polar surface area (TPSA) is 55.4 Å². The molecule has 0 unspecified atom stereocenters. The predicted octanol–water partition coefficient (Wildman–Crippen LogP) is 5.29. The summed E-state index contributed by atoms with van der Waals surface area (Å²) in [6, 6.07) is 23.3. The summed E-state index contributed by atoms with van der Waals surface area (Å²) < 4.78 is 8.10. The van der Waals surface area contributed by atoms with E-state index in [0.717, 1.165) is 38.5 Å². The van der Waals surface area contributed by atoms with Crippen LogP contribution in [0.2, 0.25) is 0 Å². The van der Waals surface area contributed by atoms with Gasteiger partial charge in [-0.05, 0) is 30.3 Å². The minimum absolute atomic E-state index is 0.283. The third kappa shape index (κ3) is 2.19. The first kappa shape index (κ1) is 14.8. The van der Waals surface area contributed by atoms with Crippen LogP contribution in [0.5, 0.6) is 0 Å². The Bertz CT molecular complexity index is 1260. The molecule has 0 saturated heterocycles. The molecule has 1 N–H and O–H groups in total. The number of benzene rings is 3. The third-order valence-electron chi connectivity index (χ3n) is 4.81. The van der Waals surface area contributed by atoms with Gasteiger partial charge >= 0.3 is 5.97 Å². The number of para-hydroxylation sites is 2. The van der Waals surface area contributed by atoms with E-state index in [1.54, 1.807) is 12.1 Å². The Balaban J connectivity index is 1.75. The van der Waals surface area contributed by atoms with Gasteiger partial charge in [-0.15, -0.1) is 0 Å². The van der Waals surface area contributed by atoms with Crippen molar-refractivity contribution in [1.82, 2.24) is 4.57 Å². The maximum absolute atomic E-state index is 11.4. The fourth-order valence-electron chi connectivity index (χ4n) is 3.62. The van der Waals surface area contributed by atoms with Crippen LogP contribution in [0.4, 0.5) is 0 Å². The van der Waals surface area contributed by atoms with Gasteiger partial charge in [0.25, 0.3) is 0 Å². The summed E-state index contributed by atoms with van der Waals surface area (Å²) in [5.74, 6) is -0.0815. The van der Waals surface area contributed by atoms with Gasteiger partial charge in [0.2, 0.25) is 0 Å². The minimum atomic E-state index is -0.924. The normalized spacial score (nSPS) is 11.5. The number of hydrogen-bond acceptors (Lipinski definition) is 2. The number of rotatable bonds is 3. The Kier molecular flexibility index (Phi) is 3.12. The van der Waals surface area contributed by atoms with E-state index in [2.05, 4.69) is 16.7 Å². The minimum Gasteiger partial charge on any atom is -0.478 e. The number of nitrogens with zero attached hydrogens (tertiary/aromatic N) is 1. The summed E-state index contributed by atoms with van der Waals surface area (Å²) >= 11 is 0. The first-order chi connectivity index (χ1) is 12.7. The standard InChI is InChI=1S/C22H15NO3/c24-22(25)15-9-10-18-17-6-2-3-7-19(17)23(20(18)12-15)13-16-11-14-5-1-4-8-21(14)26-16/h1-12H,13H2,(H,24,25). The van der Waals surface area contributed by atoms with E-state index in [-0.39, 0.29) is 5.56 Å². The first-order valence-corrected chi connectivity index (χ1v) is 8.42. The van der Waals surface area contributed by atoms with Gasteiger partial charge in [-0.25, -0.2) is 4.79 Å². The van der Waals surface area contributed by atoms with Crippen LogP contribution in [-0.2, 0) is 6.54 Å². The molecule has 5 aromatic rings. The summed E-state index contributed by atoms with van der Waals surface area (Å²) in [6.07, 6.45) is 0. The monoisotopic (exact) mass is 341 g/mol. The summed E-state index contributed by atoms with van der Waals surface area (Å²) in [4.78, 5) is 11.4. The molecule has 0 aliphatic heterocycles. The van der Waals surface area contributed by atoms with Gasteiger partial charge in [0.1, 0.15) is 11.3 Å². The molecule has 0 atom stereocenters. The van der Waals surface area contributed by atoms with Crippen molar-refractivity contribution in [3.63, 3.8) is 0 Å². The summed E-state index contributed by atoms with van der Waals surface area (Å²) in [5.41, 5.74) is 3.10. The number of carboxylic acids is 1. The van der Waals surface area contributed by atoms with Crippen molar-refractivity contribution < 1.29 is 14.3 Å². The number of carbonyl (C=O) groups is 1. The largest absolute Gasteiger partial charge is 0.478 e. The number of furan rings is 1. The molecule has 0 radical (unpaired) electrons. The van der Waals surface area contributed by atoms with Gasteiger partial charge < -0.3 is 14.1 Å². The molecule has 4 nitrogen and oxygen atoms in total.